The summed E-state index contributed by atoms with van der Waals surface area (Å²) in [5.41, 5.74) is 2.34. The van der Waals surface area contributed by atoms with E-state index in [1.54, 1.807) is 0 Å². The molecule has 128 valence electrons. The molecule has 2 rings (SSSR count). The van der Waals surface area contributed by atoms with Crippen LogP contribution in [0.1, 0.15) is 36.8 Å². The lowest BCUT2D eigenvalue weighted by Crippen LogP contribution is -2.44. The Morgan fingerprint density at radius 2 is 1.83 bits per heavy atom. The lowest BCUT2D eigenvalue weighted by atomic mass is 9.87. The third kappa shape index (κ3) is 6.10. The molecule has 3 N–H and O–H groups in total. The molecule has 5 heteroatoms. The maximum atomic E-state index is 11.9. The lowest BCUT2D eigenvalue weighted by Gasteiger charge is -2.27. The zero-order chi connectivity index (χ0) is 16.7. The molecule has 5 nitrogen and oxygen atoms in total. The number of rotatable bonds is 6. The fourth-order valence-corrected chi connectivity index (χ4v) is 3.08. The molecule has 0 atom stereocenters. The second-order valence-corrected chi connectivity index (χ2v) is 6.47. The van der Waals surface area contributed by atoms with Crippen LogP contribution in [0, 0.1) is 19.8 Å². The highest BCUT2D eigenvalue weighted by Gasteiger charge is 2.21. The van der Waals surface area contributed by atoms with Crippen molar-refractivity contribution < 1.29 is 14.6 Å². The minimum Gasteiger partial charge on any atom is -0.492 e. The first-order chi connectivity index (χ1) is 11.1. The SMILES string of the molecule is Cc1cc(C)cc(OCCNC(=O)NC2CCC(CO)CC2)c1. The third-order valence-corrected chi connectivity index (χ3v) is 4.29. The zero-order valence-electron chi connectivity index (χ0n) is 14.1. The highest BCUT2D eigenvalue weighted by atomic mass is 16.5. The number of amides is 2. The van der Waals surface area contributed by atoms with Gasteiger partial charge in [-0.25, -0.2) is 4.79 Å². The van der Waals surface area contributed by atoms with Crippen LogP contribution in [0.25, 0.3) is 0 Å². The summed E-state index contributed by atoms with van der Waals surface area (Å²) in [6.45, 7) is 5.27. The molecular weight excluding hydrogens is 292 g/mol. The molecule has 1 saturated carbocycles. The summed E-state index contributed by atoms with van der Waals surface area (Å²) in [6, 6.07) is 6.17. The van der Waals surface area contributed by atoms with Gasteiger partial charge in [-0.15, -0.1) is 0 Å². The molecular formula is C18H28N2O3. The van der Waals surface area contributed by atoms with Crippen molar-refractivity contribution in [3.8, 4) is 5.75 Å². The first-order valence-electron chi connectivity index (χ1n) is 8.43. The van der Waals surface area contributed by atoms with Crippen LogP contribution in [0.2, 0.25) is 0 Å². The van der Waals surface area contributed by atoms with E-state index in [1.165, 1.54) is 11.1 Å². The van der Waals surface area contributed by atoms with Gasteiger partial charge in [0.25, 0.3) is 0 Å². The molecule has 0 bridgehead atoms. The normalized spacial score (nSPS) is 20.8. The highest BCUT2D eigenvalue weighted by Crippen LogP contribution is 2.23. The molecule has 0 aliphatic heterocycles. The molecule has 0 radical (unpaired) electrons. The monoisotopic (exact) mass is 320 g/mol. The van der Waals surface area contributed by atoms with Crippen molar-refractivity contribution in [2.24, 2.45) is 5.92 Å². The van der Waals surface area contributed by atoms with E-state index in [9.17, 15) is 4.79 Å². The Balaban J connectivity index is 1.61. The smallest absolute Gasteiger partial charge is 0.315 e. The van der Waals surface area contributed by atoms with Gasteiger partial charge >= 0.3 is 6.03 Å². The number of hydrogen-bond donors (Lipinski definition) is 3. The van der Waals surface area contributed by atoms with Gasteiger partial charge in [-0.3, -0.25) is 0 Å². The van der Waals surface area contributed by atoms with Gasteiger partial charge in [-0.2, -0.15) is 0 Å². The van der Waals surface area contributed by atoms with E-state index >= 15 is 0 Å². The molecule has 1 aliphatic rings. The minimum absolute atomic E-state index is 0.138. The molecule has 0 unspecified atom stereocenters. The predicted octanol–water partition coefficient (Wildman–Crippen LogP) is 2.53. The van der Waals surface area contributed by atoms with E-state index in [0.29, 0.717) is 19.1 Å². The number of carbonyl (C=O) groups is 1. The van der Waals surface area contributed by atoms with E-state index in [2.05, 4.69) is 16.7 Å². The number of aryl methyl sites for hydroxylation is 2. The Morgan fingerprint density at radius 3 is 2.43 bits per heavy atom. The van der Waals surface area contributed by atoms with E-state index in [4.69, 9.17) is 9.84 Å². The Morgan fingerprint density at radius 1 is 1.17 bits per heavy atom. The Labute approximate surface area is 138 Å². The Hall–Kier alpha value is -1.75. The molecule has 1 aromatic rings. The van der Waals surface area contributed by atoms with Crippen LogP contribution in [0.3, 0.4) is 0 Å². The van der Waals surface area contributed by atoms with Crippen molar-refractivity contribution in [1.29, 1.82) is 0 Å². The molecule has 2 amide bonds. The van der Waals surface area contributed by atoms with Crippen LogP contribution in [0.4, 0.5) is 4.79 Å². The number of hydrogen-bond acceptors (Lipinski definition) is 3. The van der Waals surface area contributed by atoms with Gasteiger partial charge in [0.2, 0.25) is 0 Å². The highest BCUT2D eigenvalue weighted by molar-refractivity contribution is 5.74. The van der Waals surface area contributed by atoms with Crippen LogP contribution >= 0.6 is 0 Å². The van der Waals surface area contributed by atoms with Crippen molar-refractivity contribution >= 4 is 6.03 Å². The first-order valence-corrected chi connectivity index (χ1v) is 8.43. The quantitative estimate of drug-likeness (QED) is 0.705. The molecule has 23 heavy (non-hydrogen) atoms. The molecule has 0 aromatic heterocycles. The van der Waals surface area contributed by atoms with Crippen LogP contribution in [-0.2, 0) is 0 Å². The number of aliphatic hydroxyl groups excluding tert-OH is 1. The number of urea groups is 1. The number of ether oxygens (including phenoxy) is 1. The van der Waals surface area contributed by atoms with Crippen LogP contribution in [-0.4, -0.2) is 36.9 Å². The number of nitrogens with one attached hydrogen (secondary N) is 2. The van der Waals surface area contributed by atoms with Gasteiger partial charge in [0.05, 0.1) is 6.54 Å². The zero-order valence-corrected chi connectivity index (χ0v) is 14.1. The van der Waals surface area contributed by atoms with E-state index < -0.39 is 0 Å². The molecule has 1 aliphatic carbocycles. The molecule has 0 saturated heterocycles. The van der Waals surface area contributed by atoms with Gasteiger partial charge < -0.3 is 20.5 Å². The maximum Gasteiger partial charge on any atom is 0.315 e. The van der Waals surface area contributed by atoms with Crippen molar-refractivity contribution in [2.75, 3.05) is 19.8 Å². The first kappa shape index (κ1) is 17.6. The second kappa shape index (κ2) is 8.77. The number of benzene rings is 1. The Bertz CT molecular complexity index is 491. The summed E-state index contributed by atoms with van der Waals surface area (Å²) in [4.78, 5) is 11.9. The van der Waals surface area contributed by atoms with Crippen LogP contribution in [0.5, 0.6) is 5.75 Å². The lowest BCUT2D eigenvalue weighted by molar-refractivity contribution is 0.174. The van der Waals surface area contributed by atoms with Crippen LogP contribution in [0.15, 0.2) is 18.2 Å². The summed E-state index contributed by atoms with van der Waals surface area (Å²) in [5, 5.41) is 14.9. The summed E-state index contributed by atoms with van der Waals surface area (Å²) >= 11 is 0. The van der Waals surface area contributed by atoms with Crippen molar-refractivity contribution in [3.05, 3.63) is 29.3 Å². The summed E-state index contributed by atoms with van der Waals surface area (Å²) in [6.07, 6.45) is 3.85. The predicted molar refractivity (Wildman–Crippen MR) is 90.8 cm³/mol. The fraction of sp³-hybridized carbons (Fsp3) is 0.611. The van der Waals surface area contributed by atoms with Gasteiger partial charge in [0.1, 0.15) is 12.4 Å². The topological polar surface area (TPSA) is 70.6 Å². The summed E-state index contributed by atoms with van der Waals surface area (Å²) in [7, 11) is 0. The van der Waals surface area contributed by atoms with E-state index in [0.717, 1.165) is 31.4 Å². The average molecular weight is 320 g/mol. The second-order valence-electron chi connectivity index (χ2n) is 6.47. The van der Waals surface area contributed by atoms with Gasteiger partial charge in [0, 0.05) is 12.6 Å². The Kier molecular flexibility index (Phi) is 6.71. The van der Waals surface area contributed by atoms with Crippen LogP contribution < -0.4 is 15.4 Å². The van der Waals surface area contributed by atoms with Gasteiger partial charge in [-0.05, 0) is 68.7 Å². The van der Waals surface area contributed by atoms with Crippen molar-refractivity contribution in [1.82, 2.24) is 10.6 Å². The van der Waals surface area contributed by atoms with Gasteiger partial charge in [0.15, 0.2) is 0 Å². The molecule has 1 fully saturated rings. The van der Waals surface area contributed by atoms with Gasteiger partial charge in [-0.1, -0.05) is 6.07 Å². The summed E-state index contributed by atoms with van der Waals surface area (Å²) < 4.78 is 5.67. The average Bonchev–Trinajstić information content (AvgIpc) is 2.51. The standard InChI is InChI=1S/C18H28N2O3/c1-13-9-14(2)11-17(10-13)23-8-7-19-18(22)20-16-5-3-15(12-21)4-6-16/h9-11,15-16,21H,3-8,12H2,1-2H3,(H2,19,20,22). The third-order valence-electron chi connectivity index (χ3n) is 4.29. The van der Waals surface area contributed by atoms with E-state index in [-0.39, 0.29) is 18.7 Å². The minimum atomic E-state index is -0.138. The van der Waals surface area contributed by atoms with Crippen molar-refractivity contribution in [3.63, 3.8) is 0 Å². The molecule has 1 aromatic carbocycles. The summed E-state index contributed by atoms with van der Waals surface area (Å²) in [5.74, 6) is 1.24. The van der Waals surface area contributed by atoms with E-state index in [1.807, 2.05) is 26.0 Å². The number of aliphatic hydroxyl groups is 1. The molecule has 0 heterocycles. The number of carbonyl (C=O) groups excluding carboxylic acids is 1. The fourth-order valence-electron chi connectivity index (χ4n) is 3.08. The van der Waals surface area contributed by atoms with Crippen molar-refractivity contribution in [2.45, 2.75) is 45.6 Å². The largest absolute Gasteiger partial charge is 0.492 e. The molecule has 0 spiro atoms. The maximum absolute atomic E-state index is 11.9.